The van der Waals surface area contributed by atoms with Gasteiger partial charge in [0.2, 0.25) is 0 Å². The van der Waals surface area contributed by atoms with Crippen LogP contribution < -0.4 is 0 Å². The predicted molar refractivity (Wildman–Crippen MR) is 146 cm³/mol. The zero-order valence-electron chi connectivity index (χ0n) is 21.3. The van der Waals surface area contributed by atoms with Crippen LogP contribution in [0.1, 0.15) is 59.8 Å². The van der Waals surface area contributed by atoms with Gasteiger partial charge in [-0.1, -0.05) is 25.7 Å². The summed E-state index contributed by atoms with van der Waals surface area (Å²) in [4.78, 5) is 11.2. The molecule has 0 bridgehead atoms. The summed E-state index contributed by atoms with van der Waals surface area (Å²) in [5.41, 5.74) is 5.68. The Hall–Kier alpha value is -4.41. The van der Waals surface area contributed by atoms with Crippen molar-refractivity contribution in [2.24, 2.45) is 0 Å². The SMILES string of the molecule is CC.O=C(O)c1ccc(C#Cc2c(C3CCOCC3)n(-c3ccc(F)cc3)c3cc4cn[nH]c4cc23)cc1. The van der Waals surface area contributed by atoms with Gasteiger partial charge in [0, 0.05) is 46.8 Å². The van der Waals surface area contributed by atoms with Gasteiger partial charge in [-0.2, -0.15) is 5.10 Å². The minimum absolute atomic E-state index is 0.214. The monoisotopic (exact) mass is 509 g/mol. The first-order valence-electron chi connectivity index (χ1n) is 12.8. The number of carbonyl (C=O) groups is 1. The number of H-pyrrole nitrogens is 1. The molecule has 3 heterocycles. The second-order valence-electron chi connectivity index (χ2n) is 8.92. The summed E-state index contributed by atoms with van der Waals surface area (Å²) in [6, 6.07) is 17.2. The fraction of sp³-hybridized carbons (Fsp3) is 0.226. The van der Waals surface area contributed by atoms with Crippen LogP contribution in [0, 0.1) is 17.7 Å². The molecular formula is C31H28FN3O3. The third-order valence-corrected chi connectivity index (χ3v) is 6.72. The largest absolute Gasteiger partial charge is 0.478 e. The topological polar surface area (TPSA) is 80.1 Å². The number of halogens is 1. The van der Waals surface area contributed by atoms with Gasteiger partial charge < -0.3 is 14.4 Å². The maximum Gasteiger partial charge on any atom is 0.335 e. The van der Waals surface area contributed by atoms with Gasteiger partial charge in [-0.3, -0.25) is 5.10 Å². The van der Waals surface area contributed by atoms with Gasteiger partial charge in [0.1, 0.15) is 5.82 Å². The van der Waals surface area contributed by atoms with E-state index in [4.69, 9.17) is 4.74 Å². The molecule has 5 aromatic rings. The molecule has 0 spiro atoms. The van der Waals surface area contributed by atoms with Crippen molar-refractivity contribution < 1.29 is 19.0 Å². The van der Waals surface area contributed by atoms with Crippen LogP contribution >= 0.6 is 0 Å². The minimum Gasteiger partial charge on any atom is -0.478 e. The highest BCUT2D eigenvalue weighted by molar-refractivity contribution is 6.00. The van der Waals surface area contributed by atoms with E-state index < -0.39 is 5.97 Å². The highest BCUT2D eigenvalue weighted by Crippen LogP contribution is 2.39. The first kappa shape index (κ1) is 25.2. The molecule has 1 aliphatic heterocycles. The third-order valence-electron chi connectivity index (χ3n) is 6.72. The Morgan fingerprint density at radius 2 is 1.76 bits per heavy atom. The van der Waals surface area contributed by atoms with Crippen molar-refractivity contribution in [3.05, 3.63) is 95.1 Å². The number of aromatic amines is 1. The van der Waals surface area contributed by atoms with Crippen LogP contribution in [-0.4, -0.2) is 39.1 Å². The maximum atomic E-state index is 13.8. The second-order valence-corrected chi connectivity index (χ2v) is 8.92. The summed E-state index contributed by atoms with van der Waals surface area (Å²) in [5, 5.41) is 18.4. The van der Waals surface area contributed by atoms with Crippen LogP contribution in [0.3, 0.4) is 0 Å². The third kappa shape index (κ3) is 4.79. The van der Waals surface area contributed by atoms with E-state index in [1.54, 1.807) is 42.6 Å². The van der Waals surface area contributed by atoms with Gasteiger partial charge in [-0.15, -0.1) is 0 Å². The Morgan fingerprint density at radius 1 is 1.05 bits per heavy atom. The van der Waals surface area contributed by atoms with Crippen molar-refractivity contribution >= 4 is 27.8 Å². The number of nitrogens with zero attached hydrogens (tertiary/aromatic N) is 2. The van der Waals surface area contributed by atoms with E-state index in [1.165, 1.54) is 12.1 Å². The molecule has 0 radical (unpaired) electrons. The molecule has 6 rings (SSSR count). The minimum atomic E-state index is -0.970. The van der Waals surface area contributed by atoms with Gasteiger partial charge in [-0.25, -0.2) is 9.18 Å². The lowest BCUT2D eigenvalue weighted by Crippen LogP contribution is -2.17. The first-order valence-corrected chi connectivity index (χ1v) is 12.8. The van der Waals surface area contributed by atoms with E-state index in [2.05, 4.69) is 38.7 Å². The van der Waals surface area contributed by atoms with Crippen LogP contribution in [0.5, 0.6) is 0 Å². The number of ether oxygens (including phenoxy) is 1. The average Bonchev–Trinajstić information content (AvgIpc) is 3.54. The van der Waals surface area contributed by atoms with Crippen LogP contribution in [0.25, 0.3) is 27.5 Å². The normalized spacial score (nSPS) is 13.6. The van der Waals surface area contributed by atoms with Gasteiger partial charge in [0.25, 0.3) is 0 Å². The fourth-order valence-electron chi connectivity index (χ4n) is 4.93. The molecule has 0 unspecified atom stereocenters. The average molecular weight is 510 g/mol. The Morgan fingerprint density at radius 3 is 2.45 bits per heavy atom. The molecular weight excluding hydrogens is 481 g/mol. The predicted octanol–water partition coefficient (Wildman–Crippen LogP) is 6.66. The number of carboxylic acids is 1. The van der Waals surface area contributed by atoms with Gasteiger partial charge >= 0.3 is 5.97 Å². The molecule has 3 aromatic carbocycles. The molecule has 7 heteroatoms. The lowest BCUT2D eigenvalue weighted by Gasteiger charge is -2.25. The maximum absolute atomic E-state index is 13.8. The summed E-state index contributed by atoms with van der Waals surface area (Å²) >= 11 is 0. The van der Waals surface area contributed by atoms with Gasteiger partial charge in [0.05, 0.1) is 28.4 Å². The quantitative estimate of drug-likeness (QED) is 0.266. The lowest BCUT2D eigenvalue weighted by molar-refractivity contribution is 0.0697. The van der Waals surface area contributed by atoms with Crippen molar-refractivity contribution in [3.8, 4) is 17.5 Å². The Kier molecular flexibility index (Phi) is 7.25. The van der Waals surface area contributed by atoms with Crippen molar-refractivity contribution in [1.29, 1.82) is 0 Å². The molecule has 0 saturated carbocycles. The first-order chi connectivity index (χ1) is 18.6. The number of hydrogen-bond acceptors (Lipinski definition) is 3. The molecule has 192 valence electrons. The standard InChI is InChI=1S/C29H22FN3O3.C2H6/c30-22-6-8-23(9-7-22)33-27-15-21-17-31-32-26(21)16-25(27)24(28(33)19-11-13-36-14-12-19)10-3-18-1-4-20(5-2-18)29(34)35;1-2/h1-2,4-9,15-17,19H,11-14H2,(H,31,32)(H,34,35);1-2H3. The Labute approximate surface area is 220 Å². The van der Waals surface area contributed by atoms with E-state index >= 15 is 0 Å². The fourth-order valence-corrected chi connectivity index (χ4v) is 4.93. The lowest BCUT2D eigenvalue weighted by atomic mass is 9.92. The molecule has 1 fully saturated rings. The molecule has 0 amide bonds. The summed E-state index contributed by atoms with van der Waals surface area (Å²) in [7, 11) is 0. The van der Waals surface area contributed by atoms with E-state index in [0.717, 1.165) is 57.2 Å². The highest BCUT2D eigenvalue weighted by Gasteiger charge is 2.27. The van der Waals surface area contributed by atoms with Gasteiger partial charge in [0.15, 0.2) is 0 Å². The zero-order chi connectivity index (χ0) is 26.6. The summed E-state index contributed by atoms with van der Waals surface area (Å²) in [6.45, 7) is 5.34. The molecule has 1 aliphatic rings. The number of hydrogen-bond donors (Lipinski definition) is 2. The van der Waals surface area contributed by atoms with E-state index in [9.17, 15) is 14.3 Å². The molecule has 2 aromatic heterocycles. The van der Waals surface area contributed by atoms with Crippen LogP contribution in [-0.2, 0) is 4.74 Å². The van der Waals surface area contributed by atoms with Crippen molar-refractivity contribution in [1.82, 2.24) is 14.8 Å². The number of benzene rings is 3. The molecule has 1 saturated heterocycles. The number of fused-ring (bicyclic) bond motifs is 2. The second kappa shape index (κ2) is 10.9. The molecule has 38 heavy (non-hydrogen) atoms. The Bertz CT molecular complexity index is 1650. The smallest absolute Gasteiger partial charge is 0.335 e. The molecule has 6 nitrogen and oxygen atoms in total. The van der Waals surface area contributed by atoms with E-state index in [-0.39, 0.29) is 17.3 Å². The van der Waals surface area contributed by atoms with Crippen LogP contribution in [0.15, 0.2) is 66.9 Å². The van der Waals surface area contributed by atoms with Crippen molar-refractivity contribution in [2.75, 3.05) is 13.2 Å². The number of nitrogens with one attached hydrogen (secondary N) is 1. The number of rotatable bonds is 3. The summed E-state index contributed by atoms with van der Waals surface area (Å²) in [6.07, 6.45) is 3.51. The molecule has 2 N–H and O–H groups in total. The number of aromatic carboxylic acids is 1. The summed E-state index contributed by atoms with van der Waals surface area (Å²) < 4.78 is 21.7. The highest BCUT2D eigenvalue weighted by atomic mass is 19.1. The number of carboxylic acid groups (broad SMARTS) is 1. The molecule has 0 atom stereocenters. The molecule has 0 aliphatic carbocycles. The van der Waals surface area contributed by atoms with E-state index in [1.807, 2.05) is 13.8 Å². The Balaban J connectivity index is 0.00000144. The zero-order valence-corrected chi connectivity index (χ0v) is 21.3. The number of aromatic nitrogens is 3. The van der Waals surface area contributed by atoms with E-state index in [0.29, 0.717) is 13.2 Å². The van der Waals surface area contributed by atoms with Crippen LogP contribution in [0.4, 0.5) is 4.39 Å². The van der Waals surface area contributed by atoms with Crippen LogP contribution in [0.2, 0.25) is 0 Å². The van der Waals surface area contributed by atoms with Crippen molar-refractivity contribution in [2.45, 2.75) is 32.6 Å². The van der Waals surface area contributed by atoms with Gasteiger partial charge in [-0.05, 0) is 73.5 Å². The summed E-state index contributed by atoms with van der Waals surface area (Å²) in [5.74, 6) is 5.61. The van der Waals surface area contributed by atoms with Crippen molar-refractivity contribution in [3.63, 3.8) is 0 Å².